The van der Waals surface area contributed by atoms with E-state index < -0.39 is 0 Å². The van der Waals surface area contributed by atoms with Crippen molar-refractivity contribution in [1.29, 1.82) is 0 Å². The molecule has 0 amide bonds. The molecule has 1 fully saturated rings. The fourth-order valence-electron chi connectivity index (χ4n) is 3.05. The van der Waals surface area contributed by atoms with Crippen molar-refractivity contribution < 1.29 is 0 Å². The zero-order chi connectivity index (χ0) is 13.7. The number of benzene rings is 1. The fraction of sp³-hybridized carbons (Fsp3) is 0.625. The van der Waals surface area contributed by atoms with Crippen LogP contribution in [0.3, 0.4) is 0 Å². The second-order valence-electron chi connectivity index (χ2n) is 5.61. The molecule has 1 nitrogen and oxygen atoms in total. The summed E-state index contributed by atoms with van der Waals surface area (Å²) in [5.41, 5.74) is 0.980. The molecule has 0 bridgehead atoms. The molecule has 1 aliphatic carbocycles. The summed E-state index contributed by atoms with van der Waals surface area (Å²) in [7, 11) is 0. The minimum absolute atomic E-state index is 0.540. The van der Waals surface area contributed by atoms with Gasteiger partial charge >= 0.3 is 0 Å². The van der Waals surface area contributed by atoms with Crippen molar-refractivity contribution >= 4 is 28.9 Å². The van der Waals surface area contributed by atoms with Crippen LogP contribution in [0.4, 0.5) is 5.69 Å². The standard InChI is InChI=1S/C16H23Cl2N/c1-2-5-12-6-3-7-13(11-10-12)19-15-9-4-8-14(17)16(15)18/h4,8-9,12-13,19H,2-3,5-7,10-11H2,1H3. The van der Waals surface area contributed by atoms with Crippen LogP contribution in [0, 0.1) is 5.92 Å². The second-order valence-corrected chi connectivity index (χ2v) is 6.39. The van der Waals surface area contributed by atoms with Gasteiger partial charge < -0.3 is 5.32 Å². The minimum Gasteiger partial charge on any atom is -0.381 e. The first-order valence-corrected chi connectivity index (χ1v) is 8.16. The van der Waals surface area contributed by atoms with Crippen molar-refractivity contribution in [3.63, 3.8) is 0 Å². The lowest BCUT2D eigenvalue weighted by atomic mass is 9.95. The molecule has 2 rings (SSSR count). The lowest BCUT2D eigenvalue weighted by Crippen LogP contribution is -2.18. The van der Waals surface area contributed by atoms with E-state index in [-0.39, 0.29) is 0 Å². The van der Waals surface area contributed by atoms with Gasteiger partial charge in [-0.1, -0.05) is 61.9 Å². The number of halogens is 2. The molecule has 0 spiro atoms. The summed E-state index contributed by atoms with van der Waals surface area (Å²) in [6, 6.07) is 6.34. The molecule has 3 heteroatoms. The Morgan fingerprint density at radius 3 is 2.79 bits per heavy atom. The van der Waals surface area contributed by atoms with Gasteiger partial charge in [0.25, 0.3) is 0 Å². The number of hydrogen-bond acceptors (Lipinski definition) is 1. The first-order valence-electron chi connectivity index (χ1n) is 7.41. The van der Waals surface area contributed by atoms with Gasteiger partial charge in [0.1, 0.15) is 0 Å². The molecule has 1 aliphatic rings. The molecule has 0 aromatic heterocycles. The van der Waals surface area contributed by atoms with Gasteiger partial charge in [-0.2, -0.15) is 0 Å². The van der Waals surface area contributed by atoms with Crippen LogP contribution in [0.1, 0.15) is 51.9 Å². The van der Waals surface area contributed by atoms with Crippen LogP contribution in [0.25, 0.3) is 0 Å². The summed E-state index contributed by atoms with van der Waals surface area (Å²) in [5.74, 6) is 0.923. The van der Waals surface area contributed by atoms with Crippen molar-refractivity contribution in [3.05, 3.63) is 28.2 Å². The second kappa shape index (κ2) is 7.40. The molecule has 2 atom stereocenters. The van der Waals surface area contributed by atoms with E-state index in [2.05, 4.69) is 12.2 Å². The molecule has 0 radical (unpaired) electrons. The molecule has 19 heavy (non-hydrogen) atoms. The van der Waals surface area contributed by atoms with Crippen molar-refractivity contribution in [1.82, 2.24) is 0 Å². The summed E-state index contributed by atoms with van der Waals surface area (Å²) in [4.78, 5) is 0. The van der Waals surface area contributed by atoms with E-state index >= 15 is 0 Å². The summed E-state index contributed by atoms with van der Waals surface area (Å²) in [6.07, 6.45) is 9.21. The smallest absolute Gasteiger partial charge is 0.0823 e. The third-order valence-electron chi connectivity index (χ3n) is 4.10. The van der Waals surface area contributed by atoms with E-state index in [1.54, 1.807) is 0 Å². The van der Waals surface area contributed by atoms with E-state index in [0.29, 0.717) is 16.1 Å². The number of rotatable bonds is 4. The largest absolute Gasteiger partial charge is 0.381 e. The minimum atomic E-state index is 0.540. The molecule has 1 aromatic carbocycles. The van der Waals surface area contributed by atoms with Gasteiger partial charge in [-0.15, -0.1) is 0 Å². The highest BCUT2D eigenvalue weighted by atomic mass is 35.5. The van der Waals surface area contributed by atoms with Gasteiger partial charge in [-0.05, 0) is 37.3 Å². The lowest BCUT2D eigenvalue weighted by molar-refractivity contribution is 0.422. The SMILES string of the molecule is CCCC1CCCC(Nc2cccc(Cl)c2Cl)CC1. The Bertz CT molecular complexity index is 406. The molecule has 2 unspecified atom stereocenters. The predicted octanol–water partition coefficient (Wildman–Crippen LogP) is 6.15. The van der Waals surface area contributed by atoms with Gasteiger partial charge in [0, 0.05) is 6.04 Å². The Kier molecular flexibility index (Phi) is 5.84. The topological polar surface area (TPSA) is 12.0 Å². The van der Waals surface area contributed by atoms with E-state index in [0.717, 1.165) is 11.6 Å². The molecule has 1 N–H and O–H groups in total. The zero-order valence-electron chi connectivity index (χ0n) is 11.6. The van der Waals surface area contributed by atoms with Crippen molar-refractivity contribution in [3.8, 4) is 0 Å². The van der Waals surface area contributed by atoms with Gasteiger partial charge in [-0.3, -0.25) is 0 Å². The van der Waals surface area contributed by atoms with Crippen LogP contribution in [-0.2, 0) is 0 Å². The van der Waals surface area contributed by atoms with Crippen LogP contribution in [0.15, 0.2) is 18.2 Å². The van der Waals surface area contributed by atoms with E-state index in [1.165, 1.54) is 44.9 Å². The maximum Gasteiger partial charge on any atom is 0.0823 e. The maximum atomic E-state index is 6.24. The highest BCUT2D eigenvalue weighted by Crippen LogP contribution is 2.33. The van der Waals surface area contributed by atoms with E-state index in [9.17, 15) is 0 Å². The Hall–Kier alpha value is -0.400. The highest BCUT2D eigenvalue weighted by molar-refractivity contribution is 6.43. The number of hydrogen-bond donors (Lipinski definition) is 1. The Morgan fingerprint density at radius 2 is 2.00 bits per heavy atom. The third kappa shape index (κ3) is 4.29. The predicted molar refractivity (Wildman–Crippen MR) is 85.4 cm³/mol. The summed E-state index contributed by atoms with van der Waals surface area (Å²) >= 11 is 12.3. The fourth-order valence-corrected chi connectivity index (χ4v) is 3.41. The Balaban J connectivity index is 1.94. The van der Waals surface area contributed by atoms with Crippen molar-refractivity contribution in [2.24, 2.45) is 5.92 Å². The van der Waals surface area contributed by atoms with E-state index in [4.69, 9.17) is 23.2 Å². The normalized spacial score (nSPS) is 23.9. The summed E-state index contributed by atoms with van der Waals surface area (Å²) < 4.78 is 0. The van der Waals surface area contributed by atoms with Gasteiger partial charge in [0.2, 0.25) is 0 Å². The van der Waals surface area contributed by atoms with Gasteiger partial charge in [0.15, 0.2) is 0 Å². The van der Waals surface area contributed by atoms with Crippen molar-refractivity contribution in [2.75, 3.05) is 5.32 Å². The lowest BCUT2D eigenvalue weighted by Gasteiger charge is -2.19. The highest BCUT2D eigenvalue weighted by Gasteiger charge is 2.19. The van der Waals surface area contributed by atoms with Crippen molar-refractivity contribution in [2.45, 2.75) is 57.9 Å². The van der Waals surface area contributed by atoms with Crippen LogP contribution in [-0.4, -0.2) is 6.04 Å². The Morgan fingerprint density at radius 1 is 1.16 bits per heavy atom. The van der Waals surface area contributed by atoms with Crippen LogP contribution in [0.2, 0.25) is 10.0 Å². The first-order chi connectivity index (χ1) is 9.20. The molecule has 106 valence electrons. The summed E-state index contributed by atoms with van der Waals surface area (Å²) in [6.45, 7) is 2.28. The molecule has 0 heterocycles. The Labute approximate surface area is 126 Å². The van der Waals surface area contributed by atoms with Crippen LogP contribution in [0.5, 0.6) is 0 Å². The molecule has 1 aromatic rings. The number of nitrogens with one attached hydrogen (secondary N) is 1. The molecular formula is C16H23Cl2N. The monoisotopic (exact) mass is 299 g/mol. The summed E-state index contributed by atoms with van der Waals surface area (Å²) in [5, 5.41) is 4.86. The number of anilines is 1. The quantitative estimate of drug-likeness (QED) is 0.657. The average molecular weight is 300 g/mol. The molecule has 1 saturated carbocycles. The molecular weight excluding hydrogens is 277 g/mol. The van der Waals surface area contributed by atoms with Crippen LogP contribution < -0.4 is 5.32 Å². The third-order valence-corrected chi connectivity index (χ3v) is 4.92. The zero-order valence-corrected chi connectivity index (χ0v) is 13.1. The van der Waals surface area contributed by atoms with Gasteiger partial charge in [-0.25, -0.2) is 0 Å². The average Bonchev–Trinajstić information content (AvgIpc) is 2.61. The first kappa shape index (κ1) is 15.0. The molecule has 0 aliphatic heterocycles. The van der Waals surface area contributed by atoms with Crippen LogP contribution >= 0.6 is 23.2 Å². The molecule has 0 saturated heterocycles. The maximum absolute atomic E-state index is 6.24. The van der Waals surface area contributed by atoms with Gasteiger partial charge in [0.05, 0.1) is 15.7 Å². The van der Waals surface area contributed by atoms with E-state index in [1.807, 2.05) is 18.2 Å².